The number of carbonyl (C=O) groups is 5. The van der Waals surface area contributed by atoms with Crippen LogP contribution in [0.5, 0.6) is 0 Å². The zero-order valence-corrected chi connectivity index (χ0v) is 22.8. The summed E-state index contributed by atoms with van der Waals surface area (Å²) < 4.78 is 23.7. The Morgan fingerprint density at radius 3 is 1.89 bits per heavy atom. The van der Waals surface area contributed by atoms with Crippen molar-refractivity contribution in [3.8, 4) is 0 Å². The summed E-state index contributed by atoms with van der Waals surface area (Å²) in [6.45, 7) is 15.5. The van der Waals surface area contributed by atoms with E-state index < -0.39 is 71.0 Å². The molecule has 4 fully saturated rings. The molecular weight excluding hydrogens is 480 g/mol. The van der Waals surface area contributed by atoms with Crippen molar-refractivity contribution in [2.24, 2.45) is 34.0 Å². The fraction of sp³-hybridized carbons (Fsp3) is 0.750. The molecule has 37 heavy (non-hydrogen) atoms. The van der Waals surface area contributed by atoms with Gasteiger partial charge in [-0.25, -0.2) is 0 Å². The molecule has 0 aromatic carbocycles. The lowest BCUT2D eigenvalue weighted by Crippen LogP contribution is -2.74. The maximum absolute atomic E-state index is 14.3. The second-order valence-corrected chi connectivity index (χ2v) is 12.2. The van der Waals surface area contributed by atoms with Crippen molar-refractivity contribution in [3.05, 3.63) is 12.2 Å². The summed E-state index contributed by atoms with van der Waals surface area (Å²) >= 11 is 0. The standard InChI is InChI=1S/C28H38O9/c1-13-18-11-19(34-14(2)29)23-27(8)20(26(6,7)10-9-21(27)35-15(3)30)12-22(36-16(4)31)28(23,24(13)33)25(18)37-17(5)32/h18-23,25H,1,9-12H2,2-8H3/t18-,19-,20+,21+,22+,23+,25+,27-,28-/m0/s1. The molecular formula is C28H38O9. The molecule has 0 aromatic heterocycles. The molecule has 4 aliphatic carbocycles. The van der Waals surface area contributed by atoms with E-state index in [0.29, 0.717) is 12.8 Å². The molecule has 0 unspecified atom stereocenters. The van der Waals surface area contributed by atoms with Gasteiger partial charge in [0, 0.05) is 44.9 Å². The highest BCUT2D eigenvalue weighted by molar-refractivity contribution is 6.05. The number of hydrogen-bond donors (Lipinski definition) is 0. The van der Waals surface area contributed by atoms with Gasteiger partial charge in [-0.05, 0) is 42.6 Å². The van der Waals surface area contributed by atoms with E-state index >= 15 is 0 Å². The van der Waals surface area contributed by atoms with E-state index in [1.54, 1.807) is 0 Å². The molecule has 4 rings (SSSR count). The van der Waals surface area contributed by atoms with E-state index in [-0.39, 0.29) is 29.1 Å². The minimum absolute atomic E-state index is 0.174. The zero-order chi connectivity index (χ0) is 27.7. The van der Waals surface area contributed by atoms with Gasteiger partial charge in [0.15, 0.2) is 5.78 Å². The van der Waals surface area contributed by atoms with Crippen molar-refractivity contribution in [2.75, 3.05) is 0 Å². The first-order valence-corrected chi connectivity index (χ1v) is 13.0. The monoisotopic (exact) mass is 518 g/mol. The Hall–Kier alpha value is -2.71. The largest absolute Gasteiger partial charge is 0.462 e. The van der Waals surface area contributed by atoms with Crippen LogP contribution >= 0.6 is 0 Å². The van der Waals surface area contributed by atoms with Crippen molar-refractivity contribution in [1.29, 1.82) is 0 Å². The number of fused-ring (bicyclic) bond motifs is 3. The van der Waals surface area contributed by atoms with Crippen LogP contribution in [0, 0.1) is 34.0 Å². The summed E-state index contributed by atoms with van der Waals surface area (Å²) in [7, 11) is 0. The molecule has 1 spiro atoms. The van der Waals surface area contributed by atoms with Gasteiger partial charge in [0.05, 0.1) is 0 Å². The van der Waals surface area contributed by atoms with Crippen LogP contribution in [0.15, 0.2) is 12.2 Å². The average Bonchev–Trinajstić information content (AvgIpc) is 2.87. The number of rotatable bonds is 4. The van der Waals surface area contributed by atoms with Crippen LogP contribution < -0.4 is 0 Å². The van der Waals surface area contributed by atoms with Gasteiger partial charge in [-0.1, -0.05) is 27.4 Å². The fourth-order valence-electron chi connectivity index (χ4n) is 8.69. The molecule has 204 valence electrons. The summed E-state index contributed by atoms with van der Waals surface area (Å²) in [5.74, 6) is -3.98. The smallest absolute Gasteiger partial charge is 0.302 e. The van der Waals surface area contributed by atoms with Gasteiger partial charge in [0.25, 0.3) is 0 Å². The van der Waals surface area contributed by atoms with Crippen LogP contribution in [0.3, 0.4) is 0 Å². The second-order valence-electron chi connectivity index (χ2n) is 12.2. The molecule has 0 aliphatic heterocycles. The molecule has 9 nitrogen and oxygen atoms in total. The van der Waals surface area contributed by atoms with Crippen LogP contribution in [-0.4, -0.2) is 54.1 Å². The topological polar surface area (TPSA) is 122 Å². The van der Waals surface area contributed by atoms with Gasteiger partial charge in [0.1, 0.15) is 29.8 Å². The molecule has 9 heteroatoms. The van der Waals surface area contributed by atoms with Crippen molar-refractivity contribution >= 4 is 29.7 Å². The molecule has 0 radical (unpaired) electrons. The van der Waals surface area contributed by atoms with Gasteiger partial charge >= 0.3 is 23.9 Å². The number of carbonyl (C=O) groups excluding carboxylic acids is 5. The lowest BCUT2D eigenvalue weighted by Gasteiger charge is -2.67. The zero-order valence-electron chi connectivity index (χ0n) is 22.8. The van der Waals surface area contributed by atoms with Gasteiger partial charge in [-0.2, -0.15) is 0 Å². The molecule has 4 saturated carbocycles. The van der Waals surface area contributed by atoms with E-state index in [1.807, 2.05) is 6.92 Å². The predicted octanol–water partition coefficient (Wildman–Crippen LogP) is 3.32. The van der Waals surface area contributed by atoms with Gasteiger partial charge in [0.2, 0.25) is 0 Å². The van der Waals surface area contributed by atoms with Gasteiger partial charge in [-0.15, -0.1) is 0 Å². The number of hydrogen-bond acceptors (Lipinski definition) is 9. The molecule has 0 saturated heterocycles. The molecule has 9 atom stereocenters. The van der Waals surface area contributed by atoms with Crippen molar-refractivity contribution in [2.45, 2.75) is 98.6 Å². The fourth-order valence-corrected chi connectivity index (χ4v) is 8.69. The van der Waals surface area contributed by atoms with Crippen molar-refractivity contribution in [1.82, 2.24) is 0 Å². The highest BCUT2D eigenvalue weighted by Gasteiger charge is 2.80. The summed E-state index contributed by atoms with van der Waals surface area (Å²) in [5.41, 5.74) is -2.41. The predicted molar refractivity (Wildman–Crippen MR) is 130 cm³/mol. The first-order valence-electron chi connectivity index (χ1n) is 13.0. The third-order valence-corrected chi connectivity index (χ3v) is 9.66. The molecule has 0 heterocycles. The Labute approximate surface area is 217 Å². The number of ketones is 1. The minimum Gasteiger partial charge on any atom is -0.462 e. The van der Waals surface area contributed by atoms with E-state index in [4.69, 9.17) is 18.9 Å². The minimum atomic E-state index is -1.53. The maximum atomic E-state index is 14.3. The van der Waals surface area contributed by atoms with Crippen molar-refractivity contribution < 1.29 is 42.9 Å². The third-order valence-electron chi connectivity index (χ3n) is 9.66. The lowest BCUT2D eigenvalue weighted by molar-refractivity contribution is -0.283. The van der Waals surface area contributed by atoms with Crippen molar-refractivity contribution in [3.63, 3.8) is 0 Å². The Kier molecular flexibility index (Phi) is 6.61. The molecule has 0 aromatic rings. The highest BCUT2D eigenvalue weighted by atomic mass is 16.6. The van der Waals surface area contributed by atoms with E-state index in [0.717, 1.165) is 6.42 Å². The Morgan fingerprint density at radius 2 is 1.35 bits per heavy atom. The maximum Gasteiger partial charge on any atom is 0.302 e. The number of Topliss-reactive ketones (excluding diaryl/α,β-unsaturated/α-hetero) is 1. The molecule has 4 aliphatic rings. The van der Waals surface area contributed by atoms with E-state index in [2.05, 4.69) is 20.4 Å². The molecule has 0 N–H and O–H groups in total. The van der Waals surface area contributed by atoms with Crippen LogP contribution in [0.4, 0.5) is 0 Å². The Balaban J connectivity index is 2.05. The normalized spacial score (nSPS) is 41.6. The highest BCUT2D eigenvalue weighted by Crippen LogP contribution is 2.72. The summed E-state index contributed by atoms with van der Waals surface area (Å²) in [6, 6.07) is 0. The van der Waals surface area contributed by atoms with Gasteiger partial charge in [-0.3, -0.25) is 24.0 Å². The van der Waals surface area contributed by atoms with Gasteiger partial charge < -0.3 is 18.9 Å². The lowest BCUT2D eigenvalue weighted by atomic mass is 9.38. The quantitative estimate of drug-likeness (QED) is 0.313. The summed E-state index contributed by atoms with van der Waals surface area (Å²) in [4.78, 5) is 63.8. The van der Waals surface area contributed by atoms with Crippen LogP contribution in [0.1, 0.15) is 74.1 Å². The number of ether oxygens (including phenoxy) is 4. The first kappa shape index (κ1) is 27.3. The molecule has 0 amide bonds. The summed E-state index contributed by atoms with van der Waals surface area (Å²) in [5, 5.41) is 0. The Morgan fingerprint density at radius 1 is 0.811 bits per heavy atom. The van der Waals surface area contributed by atoms with E-state index in [1.165, 1.54) is 27.7 Å². The van der Waals surface area contributed by atoms with Crippen LogP contribution in [0.2, 0.25) is 0 Å². The summed E-state index contributed by atoms with van der Waals surface area (Å²) in [6.07, 6.45) is -1.44. The third kappa shape index (κ3) is 3.91. The van der Waals surface area contributed by atoms with Crippen LogP contribution in [0.25, 0.3) is 0 Å². The SMILES string of the molecule is C=C1C(=O)[C@@]23[C@H](OC(C)=O)[C@H]1C[C@H](OC(C)=O)[C@@H]2[C@@]1(C)[C@H](C[C@H]3OC(C)=O)C(C)(C)CC[C@H]1OC(C)=O. The first-order chi connectivity index (χ1) is 17.1. The van der Waals surface area contributed by atoms with E-state index in [9.17, 15) is 24.0 Å². The second kappa shape index (κ2) is 8.95. The van der Waals surface area contributed by atoms with Crippen LogP contribution in [-0.2, 0) is 42.9 Å². The molecule has 2 bridgehead atoms. The Bertz CT molecular complexity index is 1060. The number of esters is 4. The average molecular weight is 519 g/mol.